The normalized spacial score (nSPS) is 10.7. The molecule has 0 aliphatic heterocycles. The Labute approximate surface area is 136 Å². The van der Waals surface area contributed by atoms with Gasteiger partial charge in [-0.1, -0.05) is 12.1 Å². The zero-order valence-electron chi connectivity index (χ0n) is 13.5. The molecule has 0 radical (unpaired) electrons. The van der Waals surface area contributed by atoms with Gasteiger partial charge in [0.05, 0.1) is 24.3 Å². The molecule has 1 aromatic rings. The summed E-state index contributed by atoms with van der Waals surface area (Å²) in [5.41, 5.74) is 5.69. The SMILES string of the molecule is CCOC(COCCNC(=O)c1ccccc1C(N)=O)OCC. The molecule has 0 aromatic heterocycles. The third-order valence-electron chi connectivity index (χ3n) is 2.93. The largest absolute Gasteiger partial charge is 0.374 e. The van der Waals surface area contributed by atoms with Crippen molar-refractivity contribution in [1.29, 1.82) is 0 Å². The Morgan fingerprint density at radius 1 is 1.13 bits per heavy atom. The fourth-order valence-corrected chi connectivity index (χ4v) is 1.92. The highest BCUT2D eigenvalue weighted by molar-refractivity contribution is 6.06. The Kier molecular flexibility index (Phi) is 8.89. The molecule has 0 fully saturated rings. The molecule has 0 aliphatic carbocycles. The van der Waals surface area contributed by atoms with Crippen LogP contribution in [0, 0.1) is 0 Å². The van der Waals surface area contributed by atoms with E-state index in [9.17, 15) is 9.59 Å². The fraction of sp³-hybridized carbons (Fsp3) is 0.500. The van der Waals surface area contributed by atoms with E-state index in [4.69, 9.17) is 19.9 Å². The first-order valence-corrected chi connectivity index (χ1v) is 7.58. The second-order valence-electron chi connectivity index (χ2n) is 4.58. The minimum Gasteiger partial charge on any atom is -0.374 e. The zero-order valence-corrected chi connectivity index (χ0v) is 13.5. The zero-order chi connectivity index (χ0) is 17.1. The number of benzene rings is 1. The molecule has 0 saturated heterocycles. The Balaban J connectivity index is 2.36. The van der Waals surface area contributed by atoms with E-state index in [1.807, 2.05) is 13.8 Å². The summed E-state index contributed by atoms with van der Waals surface area (Å²) >= 11 is 0. The number of nitrogens with two attached hydrogens (primary N) is 1. The van der Waals surface area contributed by atoms with E-state index in [2.05, 4.69) is 5.32 Å². The molecule has 23 heavy (non-hydrogen) atoms. The van der Waals surface area contributed by atoms with Crippen molar-refractivity contribution in [3.63, 3.8) is 0 Å². The van der Waals surface area contributed by atoms with E-state index >= 15 is 0 Å². The van der Waals surface area contributed by atoms with Crippen molar-refractivity contribution in [2.45, 2.75) is 20.1 Å². The lowest BCUT2D eigenvalue weighted by atomic mass is 10.1. The van der Waals surface area contributed by atoms with Gasteiger partial charge in [-0.05, 0) is 26.0 Å². The van der Waals surface area contributed by atoms with Crippen LogP contribution in [-0.2, 0) is 14.2 Å². The molecule has 0 aliphatic rings. The number of primary amides is 1. The van der Waals surface area contributed by atoms with Gasteiger partial charge in [0.25, 0.3) is 5.91 Å². The standard InChI is InChI=1S/C16H24N2O5/c1-3-22-14(23-4-2)11-21-10-9-18-16(20)13-8-6-5-7-12(13)15(17)19/h5-8,14H,3-4,9-11H2,1-2H3,(H2,17,19)(H,18,20). The Hall–Kier alpha value is -1.96. The molecule has 0 bridgehead atoms. The van der Waals surface area contributed by atoms with Gasteiger partial charge in [-0.2, -0.15) is 0 Å². The second-order valence-corrected chi connectivity index (χ2v) is 4.58. The summed E-state index contributed by atoms with van der Waals surface area (Å²) in [6.45, 7) is 5.72. The highest BCUT2D eigenvalue weighted by Crippen LogP contribution is 2.07. The van der Waals surface area contributed by atoms with Gasteiger partial charge < -0.3 is 25.3 Å². The van der Waals surface area contributed by atoms with Crippen molar-refractivity contribution in [1.82, 2.24) is 5.32 Å². The maximum Gasteiger partial charge on any atom is 0.252 e. The molecule has 1 aromatic carbocycles. The number of rotatable bonds is 11. The number of hydrogen-bond donors (Lipinski definition) is 2. The number of carbonyl (C=O) groups excluding carboxylic acids is 2. The molecule has 1 rings (SSSR count). The van der Waals surface area contributed by atoms with Gasteiger partial charge in [-0.25, -0.2) is 0 Å². The first-order chi connectivity index (χ1) is 11.1. The summed E-state index contributed by atoms with van der Waals surface area (Å²) < 4.78 is 16.1. The second kappa shape index (κ2) is 10.7. The first-order valence-electron chi connectivity index (χ1n) is 7.58. The predicted molar refractivity (Wildman–Crippen MR) is 85.2 cm³/mol. The average molecular weight is 324 g/mol. The number of hydrogen-bond acceptors (Lipinski definition) is 5. The van der Waals surface area contributed by atoms with Gasteiger partial charge in [0.2, 0.25) is 5.91 Å². The molecule has 7 heteroatoms. The molecule has 0 heterocycles. The summed E-state index contributed by atoms with van der Waals surface area (Å²) in [6, 6.07) is 6.40. The highest BCUT2D eigenvalue weighted by atomic mass is 16.7. The number of ether oxygens (including phenoxy) is 3. The lowest BCUT2D eigenvalue weighted by Crippen LogP contribution is -2.31. The Bertz CT molecular complexity index is 501. The van der Waals surface area contributed by atoms with Gasteiger partial charge in [0, 0.05) is 19.8 Å². The quantitative estimate of drug-likeness (QED) is 0.466. The lowest BCUT2D eigenvalue weighted by molar-refractivity contribution is -0.166. The van der Waals surface area contributed by atoms with Gasteiger partial charge in [0.15, 0.2) is 6.29 Å². The van der Waals surface area contributed by atoms with E-state index in [0.717, 1.165) is 0 Å². The van der Waals surface area contributed by atoms with Crippen LogP contribution >= 0.6 is 0 Å². The van der Waals surface area contributed by atoms with Crippen LogP contribution in [0.15, 0.2) is 24.3 Å². The van der Waals surface area contributed by atoms with Crippen LogP contribution in [0.1, 0.15) is 34.6 Å². The molecule has 0 unspecified atom stereocenters. The van der Waals surface area contributed by atoms with Crippen molar-refractivity contribution in [3.8, 4) is 0 Å². The lowest BCUT2D eigenvalue weighted by Gasteiger charge is -2.17. The molecule has 7 nitrogen and oxygen atoms in total. The third kappa shape index (κ3) is 6.77. The molecule has 0 atom stereocenters. The van der Waals surface area contributed by atoms with Crippen molar-refractivity contribution < 1.29 is 23.8 Å². The first kappa shape index (κ1) is 19.1. The Morgan fingerprint density at radius 3 is 2.30 bits per heavy atom. The minimum absolute atomic E-state index is 0.193. The molecule has 0 spiro atoms. The van der Waals surface area contributed by atoms with Crippen LogP contribution in [0.25, 0.3) is 0 Å². The summed E-state index contributed by atoms with van der Waals surface area (Å²) in [5.74, 6) is -1.00. The van der Waals surface area contributed by atoms with Crippen LogP contribution in [0.2, 0.25) is 0 Å². The van der Waals surface area contributed by atoms with E-state index in [1.54, 1.807) is 18.2 Å². The molecule has 128 valence electrons. The van der Waals surface area contributed by atoms with Crippen LogP contribution in [0.3, 0.4) is 0 Å². The van der Waals surface area contributed by atoms with Crippen molar-refractivity contribution in [2.24, 2.45) is 5.73 Å². The molecular formula is C16H24N2O5. The topological polar surface area (TPSA) is 99.9 Å². The number of amides is 2. The maximum absolute atomic E-state index is 12.0. The minimum atomic E-state index is -0.636. The van der Waals surface area contributed by atoms with E-state index in [-0.39, 0.29) is 23.6 Å². The van der Waals surface area contributed by atoms with E-state index < -0.39 is 12.2 Å². The van der Waals surface area contributed by atoms with Crippen LogP contribution in [-0.4, -0.2) is 51.1 Å². The van der Waals surface area contributed by atoms with Gasteiger partial charge in [-0.15, -0.1) is 0 Å². The van der Waals surface area contributed by atoms with Crippen LogP contribution < -0.4 is 11.1 Å². The predicted octanol–water partition coefficient (Wildman–Crippen LogP) is 0.931. The van der Waals surface area contributed by atoms with Crippen LogP contribution in [0.4, 0.5) is 0 Å². The van der Waals surface area contributed by atoms with E-state index in [1.165, 1.54) is 6.07 Å². The molecule has 2 amide bonds. The number of carbonyl (C=O) groups is 2. The summed E-state index contributed by atoms with van der Waals surface area (Å²) in [5, 5.41) is 2.68. The average Bonchev–Trinajstić information content (AvgIpc) is 2.54. The van der Waals surface area contributed by atoms with Crippen LogP contribution in [0.5, 0.6) is 0 Å². The van der Waals surface area contributed by atoms with Gasteiger partial charge in [-0.3, -0.25) is 9.59 Å². The summed E-state index contributed by atoms with van der Waals surface area (Å²) in [4.78, 5) is 23.3. The Morgan fingerprint density at radius 2 is 1.74 bits per heavy atom. The summed E-state index contributed by atoms with van der Waals surface area (Å²) in [7, 11) is 0. The van der Waals surface area contributed by atoms with E-state index in [0.29, 0.717) is 26.4 Å². The maximum atomic E-state index is 12.0. The monoisotopic (exact) mass is 324 g/mol. The smallest absolute Gasteiger partial charge is 0.252 e. The molecule has 3 N–H and O–H groups in total. The summed E-state index contributed by atoms with van der Waals surface area (Å²) in [6.07, 6.45) is -0.406. The molecular weight excluding hydrogens is 300 g/mol. The van der Waals surface area contributed by atoms with Crippen molar-refractivity contribution >= 4 is 11.8 Å². The van der Waals surface area contributed by atoms with Crippen molar-refractivity contribution in [3.05, 3.63) is 35.4 Å². The third-order valence-corrected chi connectivity index (χ3v) is 2.93. The van der Waals surface area contributed by atoms with Gasteiger partial charge >= 0.3 is 0 Å². The highest BCUT2D eigenvalue weighted by Gasteiger charge is 2.14. The number of nitrogens with one attached hydrogen (secondary N) is 1. The van der Waals surface area contributed by atoms with Gasteiger partial charge in [0.1, 0.15) is 0 Å². The molecule has 0 saturated carbocycles. The van der Waals surface area contributed by atoms with Crippen molar-refractivity contribution in [2.75, 3.05) is 33.0 Å². The fourth-order valence-electron chi connectivity index (χ4n) is 1.92.